The van der Waals surface area contributed by atoms with Gasteiger partial charge in [0.15, 0.2) is 5.82 Å². The molecule has 0 aliphatic carbocycles. The number of ether oxygens (including phenoxy) is 1. The fraction of sp³-hybridized carbons (Fsp3) is 0.316. The third-order valence-electron chi connectivity index (χ3n) is 4.39. The van der Waals surface area contributed by atoms with E-state index >= 15 is 0 Å². The van der Waals surface area contributed by atoms with E-state index in [0.717, 1.165) is 13.8 Å². The number of pyridine rings is 1. The zero-order valence-electron chi connectivity index (χ0n) is 16.6. The summed E-state index contributed by atoms with van der Waals surface area (Å²) < 4.78 is 33.8. The number of aryl methyl sites for hydroxylation is 1. The minimum Gasteiger partial charge on any atom is -0.492 e. The molecule has 1 N–H and O–H groups in total. The Balaban J connectivity index is 2.45. The number of hydrogen-bond acceptors (Lipinski definition) is 6. The zero-order valence-corrected chi connectivity index (χ0v) is 17.4. The smallest absolute Gasteiger partial charge is 0.338 e. The molecule has 0 saturated carbocycles. The predicted octanol–water partition coefficient (Wildman–Crippen LogP) is 2.41. The second-order valence-corrected chi connectivity index (χ2v) is 8.44. The molecule has 1 aromatic carbocycles. The highest BCUT2D eigenvalue weighted by Crippen LogP contribution is 2.33. The Kier molecular flexibility index (Phi) is 5.58. The predicted molar refractivity (Wildman–Crippen MR) is 108 cm³/mol. The van der Waals surface area contributed by atoms with E-state index in [2.05, 4.69) is 9.97 Å². The number of carboxylic acid groups (broad SMARTS) is 1. The van der Waals surface area contributed by atoms with E-state index in [1.165, 1.54) is 26.4 Å². The molecular formula is C19H22N4O5S. The number of hydrogen-bond donors (Lipinski definition) is 1. The summed E-state index contributed by atoms with van der Waals surface area (Å²) in [5.74, 6) is -0.893. The number of benzene rings is 1. The van der Waals surface area contributed by atoms with E-state index in [0.29, 0.717) is 24.3 Å². The van der Waals surface area contributed by atoms with E-state index in [-0.39, 0.29) is 22.6 Å². The molecule has 0 aliphatic rings. The first kappa shape index (κ1) is 20.7. The summed E-state index contributed by atoms with van der Waals surface area (Å²) in [7, 11) is -1.25. The van der Waals surface area contributed by atoms with E-state index in [4.69, 9.17) is 4.74 Å². The fourth-order valence-electron chi connectivity index (χ4n) is 2.91. The summed E-state index contributed by atoms with van der Waals surface area (Å²) in [6.45, 7) is 4.05. The molecule has 0 bridgehead atoms. The van der Waals surface area contributed by atoms with Crippen molar-refractivity contribution in [3.05, 3.63) is 41.6 Å². The van der Waals surface area contributed by atoms with Crippen molar-refractivity contribution in [3.8, 4) is 17.3 Å². The second kappa shape index (κ2) is 7.80. The van der Waals surface area contributed by atoms with Gasteiger partial charge in [-0.2, -0.15) is 12.7 Å². The van der Waals surface area contributed by atoms with Crippen LogP contribution in [-0.2, 0) is 16.6 Å². The van der Waals surface area contributed by atoms with Crippen molar-refractivity contribution in [2.24, 2.45) is 0 Å². The highest BCUT2D eigenvalue weighted by atomic mass is 32.2. The van der Waals surface area contributed by atoms with Crippen LogP contribution < -0.4 is 4.74 Å². The number of imidazole rings is 1. The third-order valence-corrected chi connectivity index (χ3v) is 6.15. The Bertz CT molecular complexity index is 1180. The number of aromatic carboxylic acids is 1. The third kappa shape index (κ3) is 3.56. The molecule has 0 aliphatic heterocycles. The quantitative estimate of drug-likeness (QED) is 0.626. The molecule has 0 amide bonds. The Morgan fingerprint density at radius 1 is 1.28 bits per heavy atom. The maximum absolute atomic E-state index is 13.1. The molecule has 0 unspecified atom stereocenters. The molecule has 3 aromatic rings. The number of fused-ring (bicyclic) bond motifs is 1. The topological polar surface area (TPSA) is 115 Å². The van der Waals surface area contributed by atoms with Gasteiger partial charge in [-0.1, -0.05) is 13.0 Å². The lowest BCUT2D eigenvalue weighted by molar-refractivity contribution is 0.0697. The van der Waals surface area contributed by atoms with Crippen molar-refractivity contribution in [2.75, 3.05) is 20.7 Å². The summed E-state index contributed by atoms with van der Waals surface area (Å²) in [5.41, 5.74) is 1.16. The van der Waals surface area contributed by atoms with Crippen LogP contribution in [0.3, 0.4) is 0 Å². The molecule has 0 spiro atoms. The zero-order chi connectivity index (χ0) is 21.3. The van der Waals surface area contributed by atoms with Gasteiger partial charge in [-0.15, -0.1) is 0 Å². The summed E-state index contributed by atoms with van der Waals surface area (Å²) in [4.78, 5) is 20.6. The van der Waals surface area contributed by atoms with Crippen molar-refractivity contribution in [1.82, 2.24) is 18.2 Å². The largest absolute Gasteiger partial charge is 0.492 e. The number of aromatic nitrogens is 3. The lowest BCUT2D eigenvalue weighted by Gasteiger charge is -2.16. The van der Waals surface area contributed by atoms with E-state index < -0.39 is 16.2 Å². The minimum absolute atomic E-state index is 0.0289. The molecule has 3 rings (SSSR count). The van der Waals surface area contributed by atoms with Crippen LogP contribution in [0, 0.1) is 0 Å². The average molecular weight is 418 g/mol. The van der Waals surface area contributed by atoms with Gasteiger partial charge in [0, 0.05) is 20.3 Å². The van der Waals surface area contributed by atoms with Crippen molar-refractivity contribution in [1.29, 1.82) is 0 Å². The lowest BCUT2D eigenvalue weighted by Crippen LogP contribution is -2.29. The van der Waals surface area contributed by atoms with Crippen LogP contribution in [0.5, 0.6) is 5.75 Å². The molecule has 0 radical (unpaired) electrons. The Morgan fingerprint density at radius 2 is 2.00 bits per heavy atom. The van der Waals surface area contributed by atoms with Gasteiger partial charge in [0.1, 0.15) is 17.0 Å². The molecule has 10 heteroatoms. The number of para-hydroxylation sites is 1. The monoisotopic (exact) mass is 418 g/mol. The summed E-state index contributed by atoms with van der Waals surface area (Å²) in [6.07, 6.45) is 2.12. The SMILES string of the molecule is CCOc1cccc2c1nc(-c1ncc(CC)cc1C(=O)O)n2S(=O)(=O)N(C)C. The lowest BCUT2D eigenvalue weighted by atomic mass is 10.1. The number of carbonyl (C=O) groups is 1. The maximum Gasteiger partial charge on any atom is 0.338 e. The Labute approximate surface area is 168 Å². The summed E-state index contributed by atoms with van der Waals surface area (Å²) in [5, 5.41) is 9.70. The molecule has 0 atom stereocenters. The van der Waals surface area contributed by atoms with Crippen molar-refractivity contribution >= 4 is 27.2 Å². The van der Waals surface area contributed by atoms with Gasteiger partial charge in [0.2, 0.25) is 0 Å². The van der Waals surface area contributed by atoms with Crippen LogP contribution in [0.4, 0.5) is 0 Å². The highest BCUT2D eigenvalue weighted by molar-refractivity contribution is 7.87. The normalized spacial score (nSPS) is 11.9. The highest BCUT2D eigenvalue weighted by Gasteiger charge is 2.29. The Hall–Kier alpha value is -2.98. The molecule has 2 heterocycles. The van der Waals surface area contributed by atoms with Crippen LogP contribution in [0.15, 0.2) is 30.5 Å². The number of rotatable bonds is 7. The van der Waals surface area contributed by atoms with Gasteiger partial charge in [-0.05, 0) is 37.1 Å². The molecule has 2 aromatic heterocycles. The van der Waals surface area contributed by atoms with Crippen LogP contribution in [0.25, 0.3) is 22.6 Å². The van der Waals surface area contributed by atoms with Crippen LogP contribution in [-0.4, -0.2) is 58.4 Å². The van der Waals surface area contributed by atoms with Gasteiger partial charge in [0.25, 0.3) is 0 Å². The number of carboxylic acids is 1. The first-order valence-corrected chi connectivity index (χ1v) is 10.4. The molecular weight excluding hydrogens is 396 g/mol. The van der Waals surface area contributed by atoms with Crippen LogP contribution in [0.1, 0.15) is 29.8 Å². The van der Waals surface area contributed by atoms with Gasteiger partial charge < -0.3 is 9.84 Å². The Morgan fingerprint density at radius 3 is 2.59 bits per heavy atom. The second-order valence-electron chi connectivity index (χ2n) is 6.45. The molecule has 29 heavy (non-hydrogen) atoms. The molecule has 154 valence electrons. The fourth-order valence-corrected chi connectivity index (χ4v) is 3.98. The first-order valence-electron chi connectivity index (χ1n) is 9.02. The van der Waals surface area contributed by atoms with E-state index in [9.17, 15) is 18.3 Å². The van der Waals surface area contributed by atoms with Crippen molar-refractivity contribution < 1.29 is 23.1 Å². The molecule has 0 saturated heterocycles. The van der Waals surface area contributed by atoms with Gasteiger partial charge >= 0.3 is 16.2 Å². The molecule has 9 nitrogen and oxygen atoms in total. The van der Waals surface area contributed by atoms with E-state index in [1.54, 1.807) is 25.1 Å². The van der Waals surface area contributed by atoms with Crippen molar-refractivity contribution in [3.63, 3.8) is 0 Å². The number of nitrogens with zero attached hydrogens (tertiary/aromatic N) is 4. The van der Waals surface area contributed by atoms with E-state index in [1.807, 2.05) is 6.92 Å². The standard InChI is InChI=1S/C19H22N4O5S/c1-5-12-10-13(19(24)25)16(20-11-12)18-21-17-14(8-7-9-15(17)28-6-2)23(18)29(26,27)22(3)4/h7-11H,5-6H2,1-4H3,(H,24,25). The average Bonchev–Trinajstić information content (AvgIpc) is 3.08. The summed E-state index contributed by atoms with van der Waals surface area (Å²) in [6, 6.07) is 6.42. The van der Waals surface area contributed by atoms with Crippen molar-refractivity contribution in [2.45, 2.75) is 20.3 Å². The first-order chi connectivity index (χ1) is 13.7. The van der Waals surface area contributed by atoms with Gasteiger partial charge in [-0.3, -0.25) is 4.98 Å². The van der Waals surface area contributed by atoms with Gasteiger partial charge in [0.05, 0.1) is 17.7 Å². The van der Waals surface area contributed by atoms with Gasteiger partial charge in [-0.25, -0.2) is 13.8 Å². The summed E-state index contributed by atoms with van der Waals surface area (Å²) >= 11 is 0. The minimum atomic E-state index is -4.03. The van der Waals surface area contributed by atoms with Crippen LogP contribution >= 0.6 is 0 Å². The van der Waals surface area contributed by atoms with Crippen LogP contribution in [0.2, 0.25) is 0 Å². The molecule has 0 fully saturated rings. The maximum atomic E-state index is 13.1.